The van der Waals surface area contributed by atoms with Gasteiger partial charge in [-0.25, -0.2) is 4.79 Å². The number of carbonyl (C=O) groups is 1. The molecule has 0 amide bonds. The molecule has 0 saturated heterocycles. The minimum atomic E-state index is -1.29. The first-order valence-electron chi connectivity index (χ1n) is 5.33. The summed E-state index contributed by atoms with van der Waals surface area (Å²) in [5.41, 5.74) is -0.670. The van der Waals surface area contributed by atoms with Crippen LogP contribution in [0.4, 0.5) is 0 Å². The first kappa shape index (κ1) is 11.4. The summed E-state index contributed by atoms with van der Waals surface area (Å²) < 4.78 is 1.27. The van der Waals surface area contributed by atoms with Crippen molar-refractivity contribution >= 4 is 5.97 Å². The van der Waals surface area contributed by atoms with Crippen LogP contribution in [-0.2, 0) is 10.3 Å². The third-order valence-electron chi connectivity index (χ3n) is 2.92. The van der Waals surface area contributed by atoms with Gasteiger partial charge in [0.1, 0.15) is 0 Å². The topological polar surface area (TPSA) is 59.3 Å². The van der Waals surface area contributed by atoms with Crippen LogP contribution in [0.3, 0.4) is 0 Å². The number of allylic oxidation sites excluding steroid dienone is 3. The number of aromatic nitrogens is 1. The SMILES string of the molecule is CC1=CC=CC(C(=O)O)(n2ccccc2=O)C1. The highest BCUT2D eigenvalue weighted by molar-refractivity contribution is 5.80. The fraction of sp³-hybridized carbons (Fsp3) is 0.231. The molecule has 4 nitrogen and oxygen atoms in total. The van der Waals surface area contributed by atoms with E-state index in [1.165, 1.54) is 16.8 Å². The van der Waals surface area contributed by atoms with Crippen LogP contribution in [0.2, 0.25) is 0 Å². The molecule has 0 radical (unpaired) electrons. The fourth-order valence-electron chi connectivity index (χ4n) is 2.09. The van der Waals surface area contributed by atoms with Gasteiger partial charge in [-0.15, -0.1) is 0 Å². The number of rotatable bonds is 2. The molecule has 88 valence electrons. The van der Waals surface area contributed by atoms with E-state index in [2.05, 4.69) is 0 Å². The molecule has 1 aromatic heterocycles. The van der Waals surface area contributed by atoms with Crippen molar-refractivity contribution < 1.29 is 9.90 Å². The smallest absolute Gasteiger partial charge is 0.334 e. The summed E-state index contributed by atoms with van der Waals surface area (Å²) in [6.07, 6.45) is 6.92. The van der Waals surface area contributed by atoms with Crippen LogP contribution in [0.15, 0.2) is 53.0 Å². The minimum Gasteiger partial charge on any atom is -0.479 e. The van der Waals surface area contributed by atoms with Crippen molar-refractivity contribution in [3.05, 3.63) is 58.6 Å². The van der Waals surface area contributed by atoms with E-state index in [1.54, 1.807) is 24.3 Å². The van der Waals surface area contributed by atoms with Crippen LogP contribution < -0.4 is 5.56 Å². The van der Waals surface area contributed by atoms with E-state index in [0.29, 0.717) is 6.42 Å². The van der Waals surface area contributed by atoms with E-state index in [0.717, 1.165) is 5.57 Å². The van der Waals surface area contributed by atoms with Crippen LogP contribution in [0.5, 0.6) is 0 Å². The van der Waals surface area contributed by atoms with Crippen molar-refractivity contribution in [2.45, 2.75) is 18.9 Å². The molecule has 1 heterocycles. The predicted molar refractivity (Wildman–Crippen MR) is 63.8 cm³/mol. The molecule has 1 N–H and O–H groups in total. The van der Waals surface area contributed by atoms with Crippen LogP contribution >= 0.6 is 0 Å². The quantitative estimate of drug-likeness (QED) is 0.839. The molecule has 1 aliphatic rings. The van der Waals surface area contributed by atoms with Crippen molar-refractivity contribution in [3.8, 4) is 0 Å². The van der Waals surface area contributed by atoms with E-state index in [9.17, 15) is 14.7 Å². The zero-order valence-electron chi connectivity index (χ0n) is 9.46. The zero-order valence-corrected chi connectivity index (χ0v) is 9.46. The van der Waals surface area contributed by atoms with Gasteiger partial charge < -0.3 is 5.11 Å². The molecule has 0 spiro atoms. The Morgan fingerprint density at radius 2 is 2.24 bits per heavy atom. The summed E-state index contributed by atoms with van der Waals surface area (Å²) in [5.74, 6) is -1.02. The standard InChI is InChI=1S/C13H13NO3/c1-10-5-4-7-13(9-10,12(16)17)14-8-3-2-6-11(14)15/h2-8H,9H2,1H3,(H,16,17). The van der Waals surface area contributed by atoms with E-state index < -0.39 is 11.5 Å². The second-order valence-electron chi connectivity index (χ2n) is 4.19. The van der Waals surface area contributed by atoms with Gasteiger partial charge in [0.2, 0.25) is 0 Å². The maximum absolute atomic E-state index is 11.8. The lowest BCUT2D eigenvalue weighted by Crippen LogP contribution is -2.46. The lowest BCUT2D eigenvalue weighted by atomic mass is 9.86. The molecule has 0 aromatic carbocycles. The zero-order chi connectivity index (χ0) is 12.5. The molecule has 1 aromatic rings. The number of hydrogen-bond donors (Lipinski definition) is 1. The number of pyridine rings is 1. The van der Waals surface area contributed by atoms with Gasteiger partial charge >= 0.3 is 5.97 Å². The fourth-order valence-corrected chi connectivity index (χ4v) is 2.09. The number of aliphatic carboxylic acids is 1. The number of nitrogens with zero attached hydrogens (tertiary/aromatic N) is 1. The summed E-state index contributed by atoms with van der Waals surface area (Å²) in [6, 6.07) is 4.63. The number of hydrogen-bond acceptors (Lipinski definition) is 2. The summed E-state index contributed by atoms with van der Waals surface area (Å²) in [4.78, 5) is 23.3. The van der Waals surface area contributed by atoms with Crippen molar-refractivity contribution in [3.63, 3.8) is 0 Å². The third-order valence-corrected chi connectivity index (χ3v) is 2.92. The van der Waals surface area contributed by atoms with E-state index in [4.69, 9.17) is 0 Å². The lowest BCUT2D eigenvalue weighted by molar-refractivity contribution is -0.145. The normalized spacial score (nSPS) is 23.2. The van der Waals surface area contributed by atoms with Gasteiger partial charge in [0, 0.05) is 18.7 Å². The second-order valence-corrected chi connectivity index (χ2v) is 4.19. The van der Waals surface area contributed by atoms with Crippen molar-refractivity contribution in [2.24, 2.45) is 0 Å². The molecule has 0 aliphatic heterocycles. The van der Waals surface area contributed by atoms with Crippen molar-refractivity contribution in [2.75, 3.05) is 0 Å². The molecule has 0 saturated carbocycles. The van der Waals surface area contributed by atoms with E-state index in [-0.39, 0.29) is 5.56 Å². The molecule has 1 unspecified atom stereocenters. The number of carboxylic acids is 1. The Morgan fingerprint density at radius 1 is 1.47 bits per heavy atom. The Morgan fingerprint density at radius 3 is 2.82 bits per heavy atom. The lowest BCUT2D eigenvalue weighted by Gasteiger charge is -2.30. The molecular weight excluding hydrogens is 218 g/mol. The van der Waals surface area contributed by atoms with Gasteiger partial charge in [-0.3, -0.25) is 9.36 Å². The minimum absolute atomic E-state index is 0.308. The van der Waals surface area contributed by atoms with Crippen molar-refractivity contribution in [1.29, 1.82) is 0 Å². The molecule has 17 heavy (non-hydrogen) atoms. The molecule has 1 aliphatic carbocycles. The third kappa shape index (κ3) is 1.82. The molecule has 2 rings (SSSR count). The van der Waals surface area contributed by atoms with Gasteiger partial charge in [-0.05, 0) is 19.1 Å². The van der Waals surface area contributed by atoms with Gasteiger partial charge in [0.25, 0.3) is 5.56 Å². The van der Waals surface area contributed by atoms with Crippen molar-refractivity contribution in [1.82, 2.24) is 4.57 Å². The Hall–Kier alpha value is -2.10. The average Bonchev–Trinajstić information content (AvgIpc) is 2.29. The van der Waals surface area contributed by atoms with Crippen LogP contribution in [0, 0.1) is 0 Å². The molecule has 4 heteroatoms. The first-order chi connectivity index (χ1) is 8.06. The summed E-state index contributed by atoms with van der Waals surface area (Å²) in [7, 11) is 0. The Balaban J connectivity index is 2.63. The Bertz CT molecular complexity index is 568. The first-order valence-corrected chi connectivity index (χ1v) is 5.33. The Labute approximate surface area is 98.5 Å². The molecule has 0 bridgehead atoms. The largest absolute Gasteiger partial charge is 0.479 e. The van der Waals surface area contributed by atoms with Gasteiger partial charge in [-0.1, -0.05) is 23.8 Å². The van der Waals surface area contributed by atoms with Crippen LogP contribution in [0.1, 0.15) is 13.3 Å². The van der Waals surface area contributed by atoms with E-state index >= 15 is 0 Å². The van der Waals surface area contributed by atoms with E-state index in [1.807, 2.05) is 13.0 Å². The highest BCUT2D eigenvalue weighted by atomic mass is 16.4. The maximum Gasteiger partial charge on any atom is 0.334 e. The molecule has 0 fully saturated rings. The Kier molecular flexibility index (Phi) is 2.71. The summed E-state index contributed by atoms with van der Waals surface area (Å²) >= 11 is 0. The molecular formula is C13H13NO3. The predicted octanol–water partition coefficient (Wildman–Crippen LogP) is 1.53. The summed E-state index contributed by atoms with van der Waals surface area (Å²) in [6.45, 7) is 1.86. The maximum atomic E-state index is 11.8. The second kappa shape index (κ2) is 4.05. The highest BCUT2D eigenvalue weighted by Gasteiger charge is 2.39. The monoisotopic (exact) mass is 231 g/mol. The highest BCUT2D eigenvalue weighted by Crippen LogP contribution is 2.29. The number of carboxylic acid groups (broad SMARTS) is 1. The average molecular weight is 231 g/mol. The summed E-state index contributed by atoms with van der Waals surface area (Å²) in [5, 5.41) is 9.45. The van der Waals surface area contributed by atoms with Gasteiger partial charge in [-0.2, -0.15) is 0 Å². The van der Waals surface area contributed by atoms with Gasteiger partial charge in [0.05, 0.1) is 0 Å². The van der Waals surface area contributed by atoms with Crippen LogP contribution in [0.25, 0.3) is 0 Å². The van der Waals surface area contributed by atoms with Gasteiger partial charge in [0.15, 0.2) is 5.54 Å². The van der Waals surface area contributed by atoms with Crippen LogP contribution in [-0.4, -0.2) is 15.6 Å². The molecule has 1 atom stereocenters.